The normalized spacial score (nSPS) is 11.7. The molecule has 19 heavy (non-hydrogen) atoms. The van der Waals surface area contributed by atoms with E-state index in [0.717, 1.165) is 0 Å². The Bertz CT molecular complexity index is 474. The van der Waals surface area contributed by atoms with Crippen molar-refractivity contribution in [2.45, 2.75) is 26.4 Å². The van der Waals surface area contributed by atoms with Gasteiger partial charge in [0.25, 0.3) is 5.91 Å². The molecule has 1 atom stereocenters. The van der Waals surface area contributed by atoms with Gasteiger partial charge >= 0.3 is 5.97 Å². The third kappa shape index (κ3) is 3.61. The Labute approximate surface area is 111 Å². The molecular weight excluding hydrogens is 248 g/mol. The van der Waals surface area contributed by atoms with E-state index < -0.39 is 18.0 Å². The van der Waals surface area contributed by atoms with Crippen molar-refractivity contribution in [1.29, 1.82) is 0 Å². The van der Waals surface area contributed by atoms with E-state index in [1.807, 2.05) is 0 Å². The standard InChI is InChI=1S/C13H18N2O4/c1-3-10(12(15)16)19-13(17)8-6-5-7-9(14)11(8)18-4-2/h5-7,10H,3-4,14H2,1-2H3,(H2,15,16). The van der Waals surface area contributed by atoms with Gasteiger partial charge in [-0.1, -0.05) is 13.0 Å². The molecule has 0 saturated carbocycles. The molecule has 0 spiro atoms. The summed E-state index contributed by atoms with van der Waals surface area (Å²) in [6.07, 6.45) is -0.642. The number of para-hydroxylation sites is 1. The predicted molar refractivity (Wildman–Crippen MR) is 70.7 cm³/mol. The Kier molecular flexibility index (Phi) is 5.17. The lowest BCUT2D eigenvalue weighted by Crippen LogP contribution is -2.32. The van der Waals surface area contributed by atoms with Crippen molar-refractivity contribution < 1.29 is 19.1 Å². The van der Waals surface area contributed by atoms with Gasteiger partial charge in [0, 0.05) is 0 Å². The molecule has 0 aromatic heterocycles. The molecule has 1 amide bonds. The van der Waals surface area contributed by atoms with Gasteiger partial charge in [-0.15, -0.1) is 0 Å². The minimum atomic E-state index is -0.955. The number of nitrogens with two attached hydrogens (primary N) is 2. The van der Waals surface area contributed by atoms with E-state index >= 15 is 0 Å². The number of carbonyl (C=O) groups excluding carboxylic acids is 2. The highest BCUT2D eigenvalue weighted by Crippen LogP contribution is 2.27. The molecule has 0 heterocycles. The van der Waals surface area contributed by atoms with Crippen molar-refractivity contribution in [3.63, 3.8) is 0 Å². The van der Waals surface area contributed by atoms with Crippen LogP contribution in [-0.2, 0) is 9.53 Å². The van der Waals surface area contributed by atoms with E-state index in [1.54, 1.807) is 26.0 Å². The molecule has 1 aromatic rings. The number of esters is 1. The van der Waals surface area contributed by atoms with Crippen LogP contribution < -0.4 is 16.2 Å². The molecule has 104 valence electrons. The van der Waals surface area contributed by atoms with Crippen molar-refractivity contribution in [1.82, 2.24) is 0 Å². The van der Waals surface area contributed by atoms with Crippen LogP contribution in [0.3, 0.4) is 0 Å². The van der Waals surface area contributed by atoms with Crippen LogP contribution in [0.15, 0.2) is 18.2 Å². The summed E-state index contributed by atoms with van der Waals surface area (Å²) in [7, 11) is 0. The van der Waals surface area contributed by atoms with Gasteiger partial charge in [0.2, 0.25) is 0 Å². The Hall–Kier alpha value is -2.24. The SMILES string of the molecule is CCOc1c(N)cccc1C(=O)OC(CC)C(N)=O. The molecule has 6 nitrogen and oxygen atoms in total. The molecule has 1 unspecified atom stereocenters. The fourth-order valence-electron chi connectivity index (χ4n) is 1.56. The van der Waals surface area contributed by atoms with E-state index in [-0.39, 0.29) is 11.3 Å². The van der Waals surface area contributed by atoms with Crippen LogP contribution in [0.5, 0.6) is 5.75 Å². The highest BCUT2D eigenvalue weighted by molar-refractivity contribution is 5.96. The first-order valence-electron chi connectivity index (χ1n) is 6.02. The first-order chi connectivity index (χ1) is 9.01. The zero-order valence-electron chi connectivity index (χ0n) is 11.0. The molecule has 0 saturated heterocycles. The minimum absolute atomic E-state index is 0.182. The van der Waals surface area contributed by atoms with Crippen LogP contribution in [-0.4, -0.2) is 24.6 Å². The Balaban J connectivity index is 2.99. The quantitative estimate of drug-likeness (QED) is 0.592. The van der Waals surface area contributed by atoms with Crippen LogP contribution in [0.25, 0.3) is 0 Å². The lowest BCUT2D eigenvalue weighted by molar-refractivity contribution is -0.126. The molecule has 0 aliphatic rings. The van der Waals surface area contributed by atoms with Crippen molar-refractivity contribution in [3.05, 3.63) is 23.8 Å². The molecule has 4 N–H and O–H groups in total. The van der Waals surface area contributed by atoms with Gasteiger partial charge in [-0.25, -0.2) is 4.79 Å². The van der Waals surface area contributed by atoms with Gasteiger partial charge in [0.1, 0.15) is 5.56 Å². The average Bonchev–Trinajstić information content (AvgIpc) is 2.37. The lowest BCUT2D eigenvalue weighted by Gasteiger charge is -2.15. The summed E-state index contributed by atoms with van der Waals surface area (Å²) in [5.74, 6) is -1.10. The van der Waals surface area contributed by atoms with E-state index in [0.29, 0.717) is 18.7 Å². The van der Waals surface area contributed by atoms with Gasteiger partial charge < -0.3 is 20.9 Å². The number of hydrogen-bond acceptors (Lipinski definition) is 5. The largest absolute Gasteiger partial charge is 0.491 e. The van der Waals surface area contributed by atoms with Gasteiger partial charge in [0.15, 0.2) is 11.9 Å². The summed E-state index contributed by atoms with van der Waals surface area (Å²) in [5.41, 5.74) is 11.4. The third-order valence-electron chi connectivity index (χ3n) is 2.49. The number of carbonyl (C=O) groups is 2. The fourth-order valence-corrected chi connectivity index (χ4v) is 1.56. The molecule has 0 fully saturated rings. The molecule has 0 aliphatic carbocycles. The van der Waals surface area contributed by atoms with Gasteiger partial charge in [-0.2, -0.15) is 0 Å². The molecule has 0 bridgehead atoms. The van der Waals surface area contributed by atoms with Crippen LogP contribution in [0.4, 0.5) is 5.69 Å². The van der Waals surface area contributed by atoms with Crippen LogP contribution in [0, 0.1) is 0 Å². The Morgan fingerprint density at radius 3 is 2.53 bits per heavy atom. The maximum absolute atomic E-state index is 12.0. The monoisotopic (exact) mass is 266 g/mol. The summed E-state index contributed by atoms with van der Waals surface area (Å²) in [5, 5.41) is 0. The smallest absolute Gasteiger partial charge is 0.342 e. The second-order valence-electron chi connectivity index (χ2n) is 3.86. The summed E-state index contributed by atoms with van der Waals surface area (Å²) in [6, 6.07) is 4.75. The molecule has 1 rings (SSSR count). The summed E-state index contributed by atoms with van der Waals surface area (Å²) in [4.78, 5) is 23.1. The number of nitrogen functional groups attached to an aromatic ring is 1. The highest BCUT2D eigenvalue weighted by Gasteiger charge is 2.22. The Morgan fingerprint density at radius 1 is 1.32 bits per heavy atom. The summed E-state index contributed by atoms with van der Waals surface area (Å²) < 4.78 is 10.4. The molecule has 0 aliphatic heterocycles. The summed E-state index contributed by atoms with van der Waals surface area (Å²) in [6.45, 7) is 3.84. The number of primary amides is 1. The second-order valence-corrected chi connectivity index (χ2v) is 3.86. The first-order valence-corrected chi connectivity index (χ1v) is 6.02. The van der Waals surface area contributed by atoms with Crippen LogP contribution >= 0.6 is 0 Å². The number of amides is 1. The van der Waals surface area contributed by atoms with E-state index in [2.05, 4.69) is 0 Å². The minimum Gasteiger partial charge on any atom is -0.491 e. The van der Waals surface area contributed by atoms with Crippen molar-refractivity contribution >= 4 is 17.6 Å². The van der Waals surface area contributed by atoms with E-state index in [9.17, 15) is 9.59 Å². The van der Waals surface area contributed by atoms with Gasteiger partial charge in [0.05, 0.1) is 12.3 Å². The number of anilines is 1. The highest BCUT2D eigenvalue weighted by atomic mass is 16.5. The lowest BCUT2D eigenvalue weighted by atomic mass is 10.1. The van der Waals surface area contributed by atoms with Gasteiger partial charge in [-0.3, -0.25) is 4.79 Å². The number of ether oxygens (including phenoxy) is 2. The molecular formula is C13H18N2O4. The zero-order chi connectivity index (χ0) is 14.4. The van der Waals surface area contributed by atoms with Crippen molar-refractivity contribution in [3.8, 4) is 5.75 Å². The average molecular weight is 266 g/mol. The number of hydrogen-bond donors (Lipinski definition) is 2. The van der Waals surface area contributed by atoms with Gasteiger partial charge in [-0.05, 0) is 25.5 Å². The van der Waals surface area contributed by atoms with Crippen molar-refractivity contribution in [2.24, 2.45) is 5.73 Å². The van der Waals surface area contributed by atoms with Crippen LogP contribution in [0.1, 0.15) is 30.6 Å². The predicted octanol–water partition coefficient (Wildman–Crippen LogP) is 1.09. The number of rotatable bonds is 6. The van der Waals surface area contributed by atoms with Crippen molar-refractivity contribution in [2.75, 3.05) is 12.3 Å². The second kappa shape index (κ2) is 6.63. The Morgan fingerprint density at radius 2 is 2.00 bits per heavy atom. The van der Waals surface area contributed by atoms with E-state index in [1.165, 1.54) is 6.07 Å². The number of benzene rings is 1. The first kappa shape index (κ1) is 14.8. The topological polar surface area (TPSA) is 105 Å². The van der Waals surface area contributed by atoms with Crippen LogP contribution in [0.2, 0.25) is 0 Å². The van der Waals surface area contributed by atoms with E-state index in [4.69, 9.17) is 20.9 Å². The summed E-state index contributed by atoms with van der Waals surface area (Å²) >= 11 is 0. The molecule has 1 aromatic carbocycles. The fraction of sp³-hybridized carbons (Fsp3) is 0.385. The maximum atomic E-state index is 12.0. The zero-order valence-corrected chi connectivity index (χ0v) is 11.0. The maximum Gasteiger partial charge on any atom is 0.342 e. The molecule has 0 radical (unpaired) electrons. The third-order valence-corrected chi connectivity index (χ3v) is 2.49. The molecule has 6 heteroatoms.